The zero-order chi connectivity index (χ0) is 50.1. The topological polar surface area (TPSA) is 111 Å². The molecule has 3 atom stereocenters. The minimum absolute atomic E-state index is 0.0455. The number of nitrogens with zero attached hydrogens (tertiary/aromatic N) is 1. The fourth-order valence-corrected chi connectivity index (χ4v) is 9.62. The number of amides is 1. The molecule has 0 aromatic heterocycles. The molecule has 0 aromatic rings. The van der Waals surface area contributed by atoms with Crippen LogP contribution < -0.4 is 5.32 Å². The van der Waals surface area contributed by atoms with Gasteiger partial charge in [-0.1, -0.05) is 264 Å². The molecule has 404 valence electrons. The number of carbonyl (C=O) groups excluding carboxylic acids is 2. The molecule has 9 nitrogen and oxygen atoms in total. The molecule has 0 radical (unpaired) electrons. The molecule has 0 saturated heterocycles. The Morgan fingerprint density at radius 2 is 0.838 bits per heavy atom. The van der Waals surface area contributed by atoms with E-state index in [2.05, 4.69) is 26.1 Å². The van der Waals surface area contributed by atoms with Crippen molar-refractivity contribution in [3.05, 3.63) is 12.2 Å². The van der Waals surface area contributed by atoms with Gasteiger partial charge in [0.05, 0.1) is 33.8 Å². The maximum Gasteiger partial charge on any atom is 0.472 e. The molecule has 2 N–H and O–H groups in total. The SMILES string of the molecule is CCCCCCCCCCCC/C=C/C(OC(=O)CCCCCCCCCCCCCCCCCCC)C(COP(=O)(O)OCC[N+](C)(C)C)NC(=O)CCCCCCCCCCCCCCC. The van der Waals surface area contributed by atoms with Gasteiger partial charge in [-0.15, -0.1) is 0 Å². The van der Waals surface area contributed by atoms with Crippen LogP contribution in [0.1, 0.15) is 297 Å². The lowest BCUT2D eigenvalue weighted by atomic mass is 10.0. The number of quaternary nitrogens is 1. The molecule has 0 spiro atoms. The van der Waals surface area contributed by atoms with Crippen LogP contribution in [0.5, 0.6) is 0 Å². The average molecular weight is 985 g/mol. The molecule has 0 rings (SSSR count). The third-order valence-electron chi connectivity index (χ3n) is 13.5. The quantitative estimate of drug-likeness (QED) is 0.0205. The molecule has 1 amide bonds. The number of nitrogens with one attached hydrogen (secondary N) is 1. The highest BCUT2D eigenvalue weighted by Crippen LogP contribution is 2.43. The van der Waals surface area contributed by atoms with Gasteiger partial charge in [0, 0.05) is 12.8 Å². The first-order valence-electron chi connectivity index (χ1n) is 29.5. The Hall–Kier alpha value is -1.25. The molecule has 0 aliphatic heterocycles. The fourth-order valence-electron chi connectivity index (χ4n) is 8.88. The Morgan fingerprint density at radius 1 is 0.500 bits per heavy atom. The van der Waals surface area contributed by atoms with E-state index in [1.54, 1.807) is 0 Å². The van der Waals surface area contributed by atoms with Crippen molar-refractivity contribution >= 4 is 19.7 Å². The molecule has 0 aliphatic carbocycles. The lowest BCUT2D eigenvalue weighted by molar-refractivity contribution is -0.870. The van der Waals surface area contributed by atoms with E-state index in [1.165, 1.54) is 205 Å². The number of allylic oxidation sites excluding steroid dienone is 1. The van der Waals surface area contributed by atoms with Crippen LogP contribution in [-0.2, 0) is 27.9 Å². The third kappa shape index (κ3) is 49.7. The molecular weight excluding hydrogens is 868 g/mol. The molecule has 3 unspecified atom stereocenters. The molecular formula is C58H116N2O7P+. The highest BCUT2D eigenvalue weighted by atomic mass is 31.2. The third-order valence-corrected chi connectivity index (χ3v) is 14.5. The normalized spacial score (nSPS) is 13.8. The molecule has 0 fully saturated rings. The minimum Gasteiger partial charge on any atom is -0.456 e. The van der Waals surface area contributed by atoms with Crippen LogP contribution >= 0.6 is 7.82 Å². The van der Waals surface area contributed by atoms with Crippen LogP contribution in [0.2, 0.25) is 0 Å². The summed E-state index contributed by atoms with van der Waals surface area (Å²) < 4.78 is 30.6. The van der Waals surface area contributed by atoms with Crippen molar-refractivity contribution in [1.82, 2.24) is 5.32 Å². The zero-order valence-corrected chi connectivity index (χ0v) is 47.0. The van der Waals surface area contributed by atoms with Gasteiger partial charge in [-0.25, -0.2) is 4.57 Å². The molecule has 0 bridgehead atoms. The summed E-state index contributed by atoms with van der Waals surface area (Å²) in [6.45, 7) is 7.05. The largest absolute Gasteiger partial charge is 0.472 e. The van der Waals surface area contributed by atoms with Gasteiger partial charge in [0.25, 0.3) is 0 Å². The second-order valence-electron chi connectivity index (χ2n) is 21.5. The Labute approximate surface area is 422 Å². The van der Waals surface area contributed by atoms with Gasteiger partial charge in [-0.05, 0) is 31.8 Å². The van der Waals surface area contributed by atoms with Gasteiger partial charge in [0.1, 0.15) is 19.3 Å². The van der Waals surface area contributed by atoms with Gasteiger partial charge in [0.2, 0.25) is 5.91 Å². The Morgan fingerprint density at radius 3 is 1.21 bits per heavy atom. The first-order valence-corrected chi connectivity index (χ1v) is 31.0. The summed E-state index contributed by atoms with van der Waals surface area (Å²) >= 11 is 0. The smallest absolute Gasteiger partial charge is 0.456 e. The Bertz CT molecular complexity index is 1180. The summed E-state index contributed by atoms with van der Waals surface area (Å²) in [6, 6.07) is -0.838. The van der Waals surface area contributed by atoms with E-state index < -0.39 is 20.0 Å². The van der Waals surface area contributed by atoms with Crippen LogP contribution in [0.3, 0.4) is 0 Å². The average Bonchev–Trinajstić information content (AvgIpc) is 3.29. The van der Waals surface area contributed by atoms with E-state index in [-0.39, 0.29) is 25.1 Å². The Balaban J connectivity index is 5.27. The van der Waals surface area contributed by atoms with Crippen molar-refractivity contribution in [2.75, 3.05) is 40.9 Å². The van der Waals surface area contributed by atoms with E-state index in [0.717, 1.165) is 57.8 Å². The number of rotatable bonds is 54. The standard InChI is InChI=1S/C58H115N2O7P/c1-7-10-13-16-19-22-25-28-29-30-31-33-36-39-42-45-48-51-58(62)67-56(49-46-43-40-37-34-27-24-21-18-15-12-9-3)55(54-66-68(63,64)65-53-52-60(4,5)6)59-57(61)50-47-44-41-38-35-32-26-23-20-17-14-11-8-2/h46,49,55-56H,7-45,47-48,50-54H2,1-6H3,(H-,59,61,63,64)/p+1/b49-46+. The predicted molar refractivity (Wildman–Crippen MR) is 291 cm³/mol. The summed E-state index contributed by atoms with van der Waals surface area (Å²) in [4.78, 5) is 37.6. The summed E-state index contributed by atoms with van der Waals surface area (Å²) in [6.07, 6.45) is 54.8. The number of hydrogen-bond donors (Lipinski definition) is 2. The monoisotopic (exact) mass is 984 g/mol. The summed E-state index contributed by atoms with van der Waals surface area (Å²) in [5.41, 5.74) is 0. The predicted octanol–water partition coefficient (Wildman–Crippen LogP) is 17.6. The van der Waals surface area contributed by atoms with Crippen molar-refractivity contribution in [2.45, 2.75) is 309 Å². The van der Waals surface area contributed by atoms with Gasteiger partial charge in [0.15, 0.2) is 0 Å². The van der Waals surface area contributed by atoms with E-state index >= 15 is 0 Å². The van der Waals surface area contributed by atoms with Crippen LogP contribution in [0.15, 0.2) is 12.2 Å². The summed E-state index contributed by atoms with van der Waals surface area (Å²) in [7, 11) is 1.52. The molecule has 0 saturated carbocycles. The van der Waals surface area contributed by atoms with Crippen molar-refractivity contribution in [2.24, 2.45) is 0 Å². The Kier molecular flexibility index (Phi) is 48.4. The van der Waals surface area contributed by atoms with E-state index in [9.17, 15) is 19.0 Å². The van der Waals surface area contributed by atoms with E-state index in [1.807, 2.05) is 33.3 Å². The molecule has 0 heterocycles. The van der Waals surface area contributed by atoms with Crippen LogP contribution in [0, 0.1) is 0 Å². The highest BCUT2D eigenvalue weighted by Gasteiger charge is 2.30. The van der Waals surface area contributed by atoms with Gasteiger partial charge in [-0.2, -0.15) is 0 Å². The van der Waals surface area contributed by atoms with Gasteiger partial charge >= 0.3 is 13.8 Å². The van der Waals surface area contributed by atoms with Crippen LogP contribution in [0.4, 0.5) is 0 Å². The zero-order valence-electron chi connectivity index (χ0n) is 46.1. The van der Waals surface area contributed by atoms with Crippen molar-refractivity contribution in [1.29, 1.82) is 0 Å². The number of hydrogen-bond acceptors (Lipinski definition) is 6. The summed E-state index contributed by atoms with van der Waals surface area (Å²) in [5.74, 6) is -0.487. The molecule has 0 aliphatic rings. The lowest BCUT2D eigenvalue weighted by Crippen LogP contribution is -2.47. The van der Waals surface area contributed by atoms with Gasteiger partial charge < -0.3 is 19.4 Å². The number of likely N-dealkylation sites (N-methyl/N-ethyl adjacent to an activating group) is 1. The van der Waals surface area contributed by atoms with E-state index in [4.69, 9.17) is 13.8 Å². The first-order chi connectivity index (χ1) is 32.9. The number of phosphoric ester groups is 1. The molecule has 68 heavy (non-hydrogen) atoms. The van der Waals surface area contributed by atoms with Crippen LogP contribution in [-0.4, -0.2) is 74.3 Å². The number of unbranched alkanes of at least 4 members (excludes halogenated alkanes) is 38. The second kappa shape index (κ2) is 49.3. The van der Waals surface area contributed by atoms with E-state index in [0.29, 0.717) is 23.9 Å². The number of esters is 1. The molecule has 0 aromatic carbocycles. The summed E-state index contributed by atoms with van der Waals surface area (Å²) in [5, 5.41) is 3.05. The fraction of sp³-hybridized carbons (Fsp3) is 0.931. The minimum atomic E-state index is -4.43. The number of phosphoric acid groups is 1. The maximum atomic E-state index is 13.5. The lowest BCUT2D eigenvalue weighted by Gasteiger charge is -2.27. The highest BCUT2D eigenvalue weighted by molar-refractivity contribution is 7.47. The first kappa shape index (κ1) is 66.8. The van der Waals surface area contributed by atoms with Gasteiger partial charge in [-0.3, -0.25) is 18.6 Å². The van der Waals surface area contributed by atoms with Crippen LogP contribution in [0.25, 0.3) is 0 Å². The number of carbonyl (C=O) groups is 2. The second-order valence-corrected chi connectivity index (χ2v) is 23.0. The van der Waals surface area contributed by atoms with Crippen molar-refractivity contribution in [3.8, 4) is 0 Å². The van der Waals surface area contributed by atoms with Crippen molar-refractivity contribution < 1.29 is 37.3 Å². The van der Waals surface area contributed by atoms with Crippen molar-refractivity contribution in [3.63, 3.8) is 0 Å². The molecule has 10 heteroatoms. The number of ether oxygens (including phenoxy) is 1. The maximum absolute atomic E-state index is 13.5.